The first-order valence-corrected chi connectivity index (χ1v) is 6.79. The van der Waals surface area contributed by atoms with E-state index in [1.165, 1.54) is 19.2 Å². The van der Waals surface area contributed by atoms with Crippen LogP contribution in [-0.4, -0.2) is 36.7 Å². The van der Waals surface area contributed by atoms with Crippen LogP contribution < -0.4 is 5.32 Å². The molecule has 1 aliphatic rings. The molecule has 0 heterocycles. The minimum atomic E-state index is -1.17. The fourth-order valence-electron chi connectivity index (χ4n) is 2.29. The Morgan fingerprint density at radius 2 is 2.29 bits per heavy atom. The third-order valence-corrected chi connectivity index (χ3v) is 3.78. The van der Waals surface area contributed by atoms with Crippen molar-refractivity contribution < 1.29 is 23.8 Å². The Morgan fingerprint density at radius 1 is 1.57 bits per heavy atom. The lowest BCUT2D eigenvalue weighted by atomic mass is 10.1. The fourth-order valence-corrected chi connectivity index (χ4v) is 2.59. The quantitative estimate of drug-likeness (QED) is 0.839. The number of halogens is 2. The van der Waals surface area contributed by atoms with Crippen LogP contribution in [0.15, 0.2) is 18.2 Å². The average molecular weight is 316 g/mol. The summed E-state index contributed by atoms with van der Waals surface area (Å²) in [5.74, 6) is -2.82. The van der Waals surface area contributed by atoms with Crippen molar-refractivity contribution in [2.75, 3.05) is 13.7 Å². The van der Waals surface area contributed by atoms with Gasteiger partial charge in [0.2, 0.25) is 5.91 Å². The van der Waals surface area contributed by atoms with Gasteiger partial charge in [0.25, 0.3) is 0 Å². The van der Waals surface area contributed by atoms with E-state index in [0.29, 0.717) is 12.0 Å². The maximum absolute atomic E-state index is 13.8. The van der Waals surface area contributed by atoms with Gasteiger partial charge in [-0.2, -0.15) is 0 Å². The van der Waals surface area contributed by atoms with Crippen LogP contribution in [0.1, 0.15) is 17.9 Å². The molecule has 114 valence electrons. The van der Waals surface area contributed by atoms with Crippen LogP contribution in [0.25, 0.3) is 0 Å². The van der Waals surface area contributed by atoms with Gasteiger partial charge in [-0.3, -0.25) is 4.79 Å². The zero-order valence-corrected chi connectivity index (χ0v) is 12.1. The van der Waals surface area contributed by atoms with Gasteiger partial charge in [0.15, 0.2) is 6.04 Å². The summed E-state index contributed by atoms with van der Waals surface area (Å²) in [4.78, 5) is 23.0. The van der Waals surface area contributed by atoms with Gasteiger partial charge in [0.1, 0.15) is 5.82 Å². The van der Waals surface area contributed by atoms with E-state index >= 15 is 0 Å². The standard InChI is InChI=1S/C14H15ClFNO4/c1-21-6-11(14(19)20)17-13(18)8-5-7(8)12-9(15)3-2-4-10(12)16/h2-4,7-8,11H,5-6H2,1H3,(H,17,18)(H,19,20). The Kier molecular flexibility index (Phi) is 4.80. The highest BCUT2D eigenvalue weighted by molar-refractivity contribution is 6.31. The lowest BCUT2D eigenvalue weighted by Crippen LogP contribution is -2.44. The number of amides is 1. The zero-order chi connectivity index (χ0) is 15.6. The molecule has 0 radical (unpaired) electrons. The molecule has 1 fully saturated rings. The van der Waals surface area contributed by atoms with Crippen LogP contribution in [0.4, 0.5) is 4.39 Å². The maximum atomic E-state index is 13.8. The van der Waals surface area contributed by atoms with Crippen LogP contribution in [0.5, 0.6) is 0 Å². The number of carbonyl (C=O) groups is 2. The first-order valence-electron chi connectivity index (χ1n) is 6.41. The lowest BCUT2D eigenvalue weighted by molar-refractivity contribution is -0.143. The summed E-state index contributed by atoms with van der Waals surface area (Å²) < 4.78 is 18.5. The second-order valence-corrected chi connectivity index (χ2v) is 5.35. The Labute approximate surface area is 126 Å². The van der Waals surface area contributed by atoms with E-state index in [0.717, 1.165) is 0 Å². The Bertz CT molecular complexity index is 546. The minimum Gasteiger partial charge on any atom is -0.480 e. The molecule has 0 aliphatic heterocycles. The Balaban J connectivity index is 2.02. The summed E-state index contributed by atoms with van der Waals surface area (Å²) in [6.07, 6.45) is 0.450. The normalized spacial score (nSPS) is 21.7. The highest BCUT2D eigenvalue weighted by Gasteiger charge is 2.46. The molecule has 5 nitrogen and oxygen atoms in total. The number of hydrogen-bond acceptors (Lipinski definition) is 3. The molecule has 2 N–H and O–H groups in total. The van der Waals surface area contributed by atoms with E-state index in [1.807, 2.05) is 0 Å². The lowest BCUT2D eigenvalue weighted by Gasteiger charge is -2.13. The maximum Gasteiger partial charge on any atom is 0.328 e. The van der Waals surface area contributed by atoms with Crippen molar-refractivity contribution in [1.82, 2.24) is 5.32 Å². The molecule has 3 unspecified atom stereocenters. The van der Waals surface area contributed by atoms with Gasteiger partial charge in [-0.05, 0) is 18.6 Å². The molecule has 0 saturated heterocycles. The van der Waals surface area contributed by atoms with Crippen molar-refractivity contribution >= 4 is 23.5 Å². The molecule has 1 saturated carbocycles. The minimum absolute atomic E-state index is 0.126. The average Bonchev–Trinajstić information content (AvgIpc) is 3.18. The van der Waals surface area contributed by atoms with Crippen molar-refractivity contribution in [3.8, 4) is 0 Å². The Morgan fingerprint density at radius 3 is 2.86 bits per heavy atom. The molecular weight excluding hydrogens is 301 g/mol. The molecule has 1 aliphatic carbocycles. The summed E-state index contributed by atoms with van der Waals surface area (Å²) in [5, 5.41) is 11.6. The predicted octanol–water partition coefficient (Wildman–Crippen LogP) is 1.80. The highest BCUT2D eigenvalue weighted by Crippen LogP contribution is 2.50. The van der Waals surface area contributed by atoms with Crippen LogP contribution in [-0.2, 0) is 14.3 Å². The molecule has 2 rings (SSSR count). The van der Waals surface area contributed by atoms with E-state index in [2.05, 4.69) is 5.32 Å². The fraction of sp³-hybridized carbons (Fsp3) is 0.429. The number of benzene rings is 1. The smallest absolute Gasteiger partial charge is 0.328 e. The first-order chi connectivity index (χ1) is 9.95. The second-order valence-electron chi connectivity index (χ2n) is 4.94. The molecule has 21 heavy (non-hydrogen) atoms. The van der Waals surface area contributed by atoms with Gasteiger partial charge in [-0.15, -0.1) is 0 Å². The topological polar surface area (TPSA) is 75.6 Å². The summed E-state index contributed by atoms with van der Waals surface area (Å²) >= 11 is 5.95. The van der Waals surface area contributed by atoms with E-state index in [9.17, 15) is 14.0 Å². The van der Waals surface area contributed by atoms with Crippen molar-refractivity contribution in [3.63, 3.8) is 0 Å². The Hall–Kier alpha value is -1.66. The summed E-state index contributed by atoms with van der Waals surface area (Å²) in [7, 11) is 1.35. The molecule has 1 amide bonds. The monoisotopic (exact) mass is 315 g/mol. The van der Waals surface area contributed by atoms with Gasteiger partial charge < -0.3 is 15.2 Å². The molecular formula is C14H15ClFNO4. The van der Waals surface area contributed by atoms with Gasteiger partial charge in [-0.1, -0.05) is 17.7 Å². The van der Waals surface area contributed by atoms with Crippen LogP contribution in [0, 0.1) is 11.7 Å². The number of aliphatic carboxylic acids is 1. The molecule has 1 aromatic carbocycles. The van der Waals surface area contributed by atoms with Crippen molar-refractivity contribution in [1.29, 1.82) is 0 Å². The van der Waals surface area contributed by atoms with Crippen molar-refractivity contribution in [2.45, 2.75) is 18.4 Å². The number of rotatable bonds is 6. The zero-order valence-electron chi connectivity index (χ0n) is 11.3. The predicted molar refractivity (Wildman–Crippen MR) is 73.7 cm³/mol. The highest BCUT2D eigenvalue weighted by atomic mass is 35.5. The van der Waals surface area contributed by atoms with E-state index in [1.54, 1.807) is 6.07 Å². The summed E-state index contributed by atoms with van der Waals surface area (Å²) in [6.45, 7) is -0.126. The molecule has 7 heteroatoms. The SMILES string of the molecule is COCC(NC(=O)C1CC1c1c(F)cccc1Cl)C(=O)O. The van der Waals surface area contributed by atoms with Crippen LogP contribution >= 0.6 is 11.6 Å². The molecule has 0 bridgehead atoms. The number of nitrogens with one attached hydrogen (secondary N) is 1. The van der Waals surface area contributed by atoms with Gasteiger partial charge >= 0.3 is 5.97 Å². The molecule has 0 aromatic heterocycles. The molecule has 3 atom stereocenters. The number of carboxylic acids is 1. The second kappa shape index (κ2) is 6.41. The largest absolute Gasteiger partial charge is 0.480 e. The van der Waals surface area contributed by atoms with Gasteiger partial charge in [-0.25, -0.2) is 9.18 Å². The van der Waals surface area contributed by atoms with E-state index in [4.69, 9.17) is 21.4 Å². The van der Waals surface area contributed by atoms with Gasteiger partial charge in [0.05, 0.1) is 6.61 Å². The van der Waals surface area contributed by atoms with Crippen molar-refractivity contribution in [2.24, 2.45) is 5.92 Å². The van der Waals surface area contributed by atoms with Crippen LogP contribution in [0.2, 0.25) is 5.02 Å². The summed E-state index contributed by atoms with van der Waals surface area (Å²) in [5.41, 5.74) is 0.318. The van der Waals surface area contributed by atoms with E-state index in [-0.39, 0.29) is 17.5 Å². The van der Waals surface area contributed by atoms with Gasteiger partial charge in [0, 0.05) is 29.5 Å². The van der Waals surface area contributed by atoms with Crippen molar-refractivity contribution in [3.05, 3.63) is 34.6 Å². The third-order valence-electron chi connectivity index (χ3n) is 3.45. The third kappa shape index (κ3) is 3.51. The first kappa shape index (κ1) is 15.7. The summed E-state index contributed by atoms with van der Waals surface area (Å²) in [6, 6.07) is 3.25. The number of carbonyl (C=O) groups excluding carboxylic acids is 1. The van der Waals surface area contributed by atoms with Crippen LogP contribution in [0.3, 0.4) is 0 Å². The number of hydrogen-bond donors (Lipinski definition) is 2. The molecule has 0 spiro atoms. The van der Waals surface area contributed by atoms with E-state index < -0.39 is 29.7 Å². The number of methoxy groups -OCH3 is 1. The number of ether oxygens (including phenoxy) is 1. The molecule has 1 aromatic rings. The number of carboxylic acid groups (broad SMARTS) is 1.